The highest BCUT2D eigenvalue weighted by molar-refractivity contribution is 5.58. The SMILES string of the molecule is CCCOc1cc(C)ccc1NC(C)c1ccc(F)cc1. The number of anilines is 1. The molecule has 1 N–H and O–H groups in total. The number of hydrogen-bond acceptors (Lipinski definition) is 2. The minimum absolute atomic E-state index is 0.0808. The molecule has 2 aromatic carbocycles. The molecule has 1 unspecified atom stereocenters. The minimum Gasteiger partial charge on any atom is -0.491 e. The van der Waals surface area contributed by atoms with Crippen LogP contribution in [-0.2, 0) is 0 Å². The molecule has 0 fully saturated rings. The van der Waals surface area contributed by atoms with Crippen LogP contribution in [0.3, 0.4) is 0 Å². The number of rotatable bonds is 6. The average Bonchev–Trinajstić information content (AvgIpc) is 2.48. The zero-order chi connectivity index (χ0) is 15.2. The van der Waals surface area contributed by atoms with E-state index in [1.54, 1.807) is 12.1 Å². The molecule has 0 aliphatic rings. The zero-order valence-corrected chi connectivity index (χ0v) is 12.8. The van der Waals surface area contributed by atoms with E-state index in [0.717, 1.165) is 23.4 Å². The highest BCUT2D eigenvalue weighted by Gasteiger charge is 2.09. The number of nitrogens with one attached hydrogen (secondary N) is 1. The molecule has 2 nitrogen and oxygen atoms in total. The molecule has 0 amide bonds. The molecule has 112 valence electrons. The number of aryl methyl sites for hydroxylation is 1. The third kappa shape index (κ3) is 4.22. The lowest BCUT2D eigenvalue weighted by Gasteiger charge is -2.19. The van der Waals surface area contributed by atoms with Gasteiger partial charge in [-0.25, -0.2) is 4.39 Å². The summed E-state index contributed by atoms with van der Waals surface area (Å²) in [5.41, 5.74) is 3.17. The second-order valence-corrected chi connectivity index (χ2v) is 5.27. The fourth-order valence-electron chi connectivity index (χ4n) is 2.15. The summed E-state index contributed by atoms with van der Waals surface area (Å²) in [6, 6.07) is 12.8. The number of hydrogen-bond donors (Lipinski definition) is 1. The van der Waals surface area contributed by atoms with Crippen molar-refractivity contribution in [3.63, 3.8) is 0 Å². The molecule has 0 aromatic heterocycles. The van der Waals surface area contributed by atoms with E-state index in [4.69, 9.17) is 4.74 Å². The minimum atomic E-state index is -0.215. The first-order valence-electron chi connectivity index (χ1n) is 7.35. The van der Waals surface area contributed by atoms with Gasteiger partial charge in [-0.05, 0) is 55.7 Å². The summed E-state index contributed by atoms with van der Waals surface area (Å²) in [7, 11) is 0. The molecular weight excluding hydrogens is 265 g/mol. The summed E-state index contributed by atoms with van der Waals surface area (Å²) >= 11 is 0. The maximum absolute atomic E-state index is 13.0. The Kier molecular flexibility index (Phi) is 5.20. The van der Waals surface area contributed by atoms with Crippen LogP contribution in [0.15, 0.2) is 42.5 Å². The molecule has 2 aromatic rings. The number of benzene rings is 2. The zero-order valence-electron chi connectivity index (χ0n) is 12.8. The molecule has 1 atom stereocenters. The lowest BCUT2D eigenvalue weighted by atomic mass is 10.1. The van der Waals surface area contributed by atoms with E-state index in [2.05, 4.69) is 25.2 Å². The van der Waals surface area contributed by atoms with Crippen molar-refractivity contribution in [1.82, 2.24) is 0 Å². The van der Waals surface area contributed by atoms with Gasteiger partial charge < -0.3 is 10.1 Å². The Morgan fingerprint density at radius 3 is 2.52 bits per heavy atom. The lowest BCUT2D eigenvalue weighted by Crippen LogP contribution is -2.08. The van der Waals surface area contributed by atoms with Gasteiger partial charge in [0.1, 0.15) is 11.6 Å². The lowest BCUT2D eigenvalue weighted by molar-refractivity contribution is 0.318. The van der Waals surface area contributed by atoms with E-state index in [-0.39, 0.29) is 11.9 Å². The molecular formula is C18H22FNO. The fourth-order valence-corrected chi connectivity index (χ4v) is 2.15. The van der Waals surface area contributed by atoms with E-state index < -0.39 is 0 Å². The smallest absolute Gasteiger partial charge is 0.142 e. The van der Waals surface area contributed by atoms with Crippen LogP contribution >= 0.6 is 0 Å². The summed E-state index contributed by atoms with van der Waals surface area (Å²) in [5.74, 6) is 0.652. The maximum atomic E-state index is 13.0. The highest BCUT2D eigenvalue weighted by atomic mass is 19.1. The molecule has 0 saturated heterocycles. The Morgan fingerprint density at radius 2 is 1.86 bits per heavy atom. The highest BCUT2D eigenvalue weighted by Crippen LogP contribution is 2.29. The number of halogens is 1. The van der Waals surface area contributed by atoms with E-state index in [1.165, 1.54) is 17.7 Å². The van der Waals surface area contributed by atoms with Gasteiger partial charge in [-0.1, -0.05) is 25.1 Å². The van der Waals surface area contributed by atoms with Crippen molar-refractivity contribution in [2.45, 2.75) is 33.2 Å². The van der Waals surface area contributed by atoms with Crippen molar-refractivity contribution < 1.29 is 9.13 Å². The molecule has 21 heavy (non-hydrogen) atoms. The van der Waals surface area contributed by atoms with Crippen molar-refractivity contribution in [2.75, 3.05) is 11.9 Å². The molecule has 0 bridgehead atoms. The summed E-state index contributed by atoms with van der Waals surface area (Å²) in [5, 5.41) is 3.43. The molecule has 0 saturated carbocycles. The predicted octanol–water partition coefficient (Wildman–Crippen LogP) is 5.10. The van der Waals surface area contributed by atoms with Gasteiger partial charge in [0.05, 0.1) is 12.3 Å². The van der Waals surface area contributed by atoms with Gasteiger partial charge in [0.25, 0.3) is 0 Å². The van der Waals surface area contributed by atoms with Gasteiger partial charge in [-0.15, -0.1) is 0 Å². The van der Waals surface area contributed by atoms with E-state index >= 15 is 0 Å². The molecule has 2 rings (SSSR count). The standard InChI is InChI=1S/C18H22FNO/c1-4-11-21-18-12-13(2)5-10-17(18)20-14(3)15-6-8-16(19)9-7-15/h5-10,12,14,20H,4,11H2,1-3H3. The topological polar surface area (TPSA) is 21.3 Å². The predicted molar refractivity (Wildman–Crippen MR) is 85.4 cm³/mol. The van der Waals surface area contributed by atoms with Crippen LogP contribution in [0.5, 0.6) is 5.75 Å². The third-order valence-corrected chi connectivity index (χ3v) is 3.34. The van der Waals surface area contributed by atoms with Crippen molar-refractivity contribution in [3.8, 4) is 5.75 Å². The van der Waals surface area contributed by atoms with Crippen molar-refractivity contribution in [3.05, 3.63) is 59.4 Å². The van der Waals surface area contributed by atoms with Gasteiger partial charge in [0.2, 0.25) is 0 Å². The molecule has 3 heteroatoms. The Bertz CT molecular complexity index is 580. The van der Waals surface area contributed by atoms with Gasteiger partial charge in [-0.2, -0.15) is 0 Å². The van der Waals surface area contributed by atoms with Gasteiger partial charge in [0.15, 0.2) is 0 Å². The second-order valence-electron chi connectivity index (χ2n) is 5.27. The molecule has 0 spiro atoms. The Morgan fingerprint density at radius 1 is 1.14 bits per heavy atom. The third-order valence-electron chi connectivity index (χ3n) is 3.34. The molecule has 0 aliphatic heterocycles. The van der Waals surface area contributed by atoms with Crippen LogP contribution in [0.25, 0.3) is 0 Å². The van der Waals surface area contributed by atoms with E-state index in [1.807, 2.05) is 19.1 Å². The van der Waals surface area contributed by atoms with Crippen LogP contribution in [-0.4, -0.2) is 6.61 Å². The largest absolute Gasteiger partial charge is 0.491 e. The van der Waals surface area contributed by atoms with Crippen molar-refractivity contribution >= 4 is 5.69 Å². The molecule has 0 heterocycles. The van der Waals surface area contributed by atoms with E-state index in [0.29, 0.717) is 6.61 Å². The summed E-state index contributed by atoms with van der Waals surface area (Å²) in [6.45, 7) is 6.88. The summed E-state index contributed by atoms with van der Waals surface area (Å²) in [4.78, 5) is 0. The quantitative estimate of drug-likeness (QED) is 0.798. The Balaban J connectivity index is 2.16. The molecule has 0 aliphatic carbocycles. The molecule has 0 radical (unpaired) electrons. The first kappa shape index (κ1) is 15.4. The van der Waals surface area contributed by atoms with Gasteiger partial charge >= 0.3 is 0 Å². The number of ether oxygens (including phenoxy) is 1. The van der Waals surface area contributed by atoms with E-state index in [9.17, 15) is 4.39 Å². The van der Waals surface area contributed by atoms with Crippen LogP contribution in [0.2, 0.25) is 0 Å². The van der Waals surface area contributed by atoms with Crippen LogP contribution < -0.4 is 10.1 Å². The normalized spacial score (nSPS) is 12.0. The first-order valence-corrected chi connectivity index (χ1v) is 7.35. The summed E-state index contributed by atoms with van der Waals surface area (Å²) < 4.78 is 18.8. The van der Waals surface area contributed by atoms with Crippen molar-refractivity contribution in [2.24, 2.45) is 0 Å². The first-order chi connectivity index (χ1) is 10.1. The van der Waals surface area contributed by atoms with Crippen LogP contribution in [0, 0.1) is 12.7 Å². The monoisotopic (exact) mass is 287 g/mol. The summed E-state index contributed by atoms with van der Waals surface area (Å²) in [6.07, 6.45) is 0.973. The van der Waals surface area contributed by atoms with Gasteiger partial charge in [0, 0.05) is 6.04 Å². The van der Waals surface area contributed by atoms with Crippen LogP contribution in [0.4, 0.5) is 10.1 Å². The second kappa shape index (κ2) is 7.11. The average molecular weight is 287 g/mol. The van der Waals surface area contributed by atoms with Crippen LogP contribution in [0.1, 0.15) is 37.4 Å². The fraction of sp³-hybridized carbons (Fsp3) is 0.333. The Labute approximate surface area is 126 Å². The Hall–Kier alpha value is -2.03. The van der Waals surface area contributed by atoms with Crippen molar-refractivity contribution in [1.29, 1.82) is 0 Å². The maximum Gasteiger partial charge on any atom is 0.142 e. The van der Waals surface area contributed by atoms with Gasteiger partial charge in [-0.3, -0.25) is 0 Å².